The quantitative estimate of drug-likeness (QED) is 0.0835. The number of aliphatic hydroxyl groups is 7. The van der Waals surface area contributed by atoms with Gasteiger partial charge in [-0.3, -0.25) is 0 Å². The van der Waals surface area contributed by atoms with Crippen molar-refractivity contribution in [3.8, 4) is 0 Å². The van der Waals surface area contributed by atoms with E-state index < -0.39 is 135 Å². The predicted octanol–water partition coefficient (Wildman–Crippen LogP) is -8.93. The van der Waals surface area contributed by atoms with E-state index in [9.17, 15) is 35.7 Å². The van der Waals surface area contributed by atoms with Crippen LogP contribution in [0.25, 0.3) is 0 Å². The van der Waals surface area contributed by atoms with Crippen LogP contribution in [0.15, 0.2) is 0 Å². The number of ether oxygens (including phenoxy) is 7. The van der Waals surface area contributed by atoms with Crippen molar-refractivity contribution < 1.29 is 68.9 Å². The minimum atomic E-state index is -1.58. The minimum absolute atomic E-state index is 0.0905. The van der Waals surface area contributed by atoms with E-state index in [1.807, 2.05) is 0 Å². The molecule has 21 atom stereocenters. The first kappa shape index (κ1) is 39.4. The van der Waals surface area contributed by atoms with Crippen molar-refractivity contribution in [2.75, 3.05) is 33.3 Å². The number of rotatable bonds is 12. The molecule has 4 heterocycles. The lowest BCUT2D eigenvalue weighted by molar-refractivity contribution is -0.374. The summed E-state index contributed by atoms with van der Waals surface area (Å²) in [5.41, 5.74) is 30.4. The van der Waals surface area contributed by atoms with Gasteiger partial charge < -0.3 is 108 Å². The van der Waals surface area contributed by atoms with Crippen molar-refractivity contribution in [2.45, 2.75) is 141 Å². The molecule has 21 nitrogen and oxygen atoms in total. The zero-order chi connectivity index (χ0) is 35.7. The maximum atomic E-state index is 11.4. The highest BCUT2D eigenvalue weighted by molar-refractivity contribution is 5.03. The third-order valence-electron chi connectivity index (χ3n) is 9.99. The maximum absolute atomic E-state index is 11.4. The van der Waals surface area contributed by atoms with Crippen LogP contribution < -0.4 is 39.3 Å². The highest BCUT2D eigenvalue weighted by Crippen LogP contribution is 2.36. The van der Waals surface area contributed by atoms with Gasteiger partial charge in [-0.05, 0) is 19.9 Å². The molecule has 5 aliphatic rings. The van der Waals surface area contributed by atoms with Gasteiger partial charge in [0.2, 0.25) is 0 Å². The fourth-order valence-corrected chi connectivity index (χ4v) is 7.09. The van der Waals surface area contributed by atoms with Gasteiger partial charge >= 0.3 is 0 Å². The van der Waals surface area contributed by atoms with E-state index in [-0.39, 0.29) is 19.4 Å². The number of likely N-dealkylation sites (N-methyl/N-ethyl adjacent to an activating group) is 1. The summed E-state index contributed by atoms with van der Waals surface area (Å²) < 4.78 is 41.8. The Balaban J connectivity index is 1.26. The van der Waals surface area contributed by atoms with Crippen molar-refractivity contribution >= 4 is 0 Å². The van der Waals surface area contributed by atoms with Gasteiger partial charge in [-0.15, -0.1) is 0 Å². The third-order valence-corrected chi connectivity index (χ3v) is 9.99. The molecule has 21 heteroatoms. The second kappa shape index (κ2) is 16.9. The average molecular weight is 714 g/mol. The second-order valence-corrected chi connectivity index (χ2v) is 13.4. The Morgan fingerprint density at radius 1 is 0.653 bits per heavy atom. The van der Waals surface area contributed by atoms with E-state index in [0.717, 1.165) is 0 Å². The van der Waals surface area contributed by atoms with Gasteiger partial charge in [0.25, 0.3) is 0 Å². The number of nitrogens with one attached hydrogen (secondary N) is 2. The molecule has 0 amide bonds. The molecule has 0 radical (unpaired) electrons. The second-order valence-electron chi connectivity index (χ2n) is 13.4. The number of fused-ring (bicyclic) bond motifs is 1. The van der Waals surface area contributed by atoms with Gasteiger partial charge in [-0.1, -0.05) is 0 Å². The molecule has 0 aromatic rings. The molecule has 286 valence electrons. The zero-order valence-corrected chi connectivity index (χ0v) is 27.2. The van der Waals surface area contributed by atoms with Gasteiger partial charge in [0.1, 0.15) is 61.0 Å². The fourth-order valence-electron chi connectivity index (χ4n) is 7.09. The Morgan fingerprint density at radius 3 is 1.98 bits per heavy atom. The van der Waals surface area contributed by atoms with E-state index in [1.54, 1.807) is 7.05 Å². The van der Waals surface area contributed by atoms with Gasteiger partial charge in [-0.25, -0.2) is 0 Å². The molecular formula is C28H55N7O14. The van der Waals surface area contributed by atoms with Crippen LogP contribution in [0.3, 0.4) is 0 Å². The first-order valence-corrected chi connectivity index (χ1v) is 16.7. The maximum Gasteiger partial charge on any atom is 0.189 e. The molecule has 19 N–H and O–H groups in total. The molecule has 5 rings (SSSR count). The topological polar surface area (TPSA) is 360 Å². The van der Waals surface area contributed by atoms with Crippen molar-refractivity contribution in [3.05, 3.63) is 0 Å². The Hall–Kier alpha value is -0.840. The Bertz CT molecular complexity index is 1040. The SMILES string of the molecule is CN[C@@H]1[C@@H](O[C@H]2O[C@H](CO)[C@@H](N)[C@H](O)[C@H]2O)OC2C[C@@H](N)[C@@H](O[C@H]3[C@H](O[C@@H]4O[C@H](CNCCN)[C@@H](O)[C@H]4O)[C@@H](O)[C@H](N)C[C@@H]3N)OC2[C@@H]1O. The van der Waals surface area contributed by atoms with E-state index in [2.05, 4.69) is 10.6 Å². The van der Waals surface area contributed by atoms with Crippen LogP contribution >= 0.6 is 0 Å². The van der Waals surface area contributed by atoms with Crippen LogP contribution in [0.1, 0.15) is 12.8 Å². The van der Waals surface area contributed by atoms with E-state index >= 15 is 0 Å². The molecular weight excluding hydrogens is 658 g/mol. The number of nitrogens with two attached hydrogens (primary N) is 5. The highest BCUT2D eigenvalue weighted by Gasteiger charge is 2.55. The summed E-state index contributed by atoms with van der Waals surface area (Å²) in [6, 6.07) is -4.46. The number of hydrogen-bond acceptors (Lipinski definition) is 21. The average Bonchev–Trinajstić information content (AvgIpc) is 3.33. The van der Waals surface area contributed by atoms with E-state index in [4.69, 9.17) is 61.8 Å². The molecule has 1 saturated carbocycles. The minimum Gasteiger partial charge on any atom is -0.394 e. The van der Waals surface area contributed by atoms with Gasteiger partial charge in [0, 0.05) is 31.7 Å². The van der Waals surface area contributed by atoms with Crippen LogP contribution in [0, 0.1) is 0 Å². The molecule has 2 unspecified atom stereocenters. The lowest BCUT2D eigenvalue weighted by Gasteiger charge is -2.51. The monoisotopic (exact) mass is 713 g/mol. The summed E-state index contributed by atoms with van der Waals surface area (Å²) in [5, 5.41) is 80.1. The highest BCUT2D eigenvalue weighted by atomic mass is 16.8. The van der Waals surface area contributed by atoms with Crippen LogP contribution in [0.2, 0.25) is 0 Å². The van der Waals surface area contributed by atoms with Crippen LogP contribution in [0.4, 0.5) is 0 Å². The third kappa shape index (κ3) is 8.22. The van der Waals surface area contributed by atoms with Crippen LogP contribution in [-0.2, 0) is 33.2 Å². The van der Waals surface area contributed by atoms with Crippen molar-refractivity contribution in [1.29, 1.82) is 0 Å². The number of hydrogen-bond donors (Lipinski definition) is 14. The Kier molecular flexibility index (Phi) is 13.6. The lowest BCUT2D eigenvalue weighted by Crippen LogP contribution is -2.70. The first-order chi connectivity index (χ1) is 23.3. The summed E-state index contributed by atoms with van der Waals surface area (Å²) in [5.74, 6) is 0. The van der Waals surface area contributed by atoms with Gasteiger partial charge in [0.15, 0.2) is 25.2 Å². The molecule has 5 fully saturated rings. The summed E-state index contributed by atoms with van der Waals surface area (Å²) in [6.45, 7) is 0.475. The fraction of sp³-hybridized carbons (Fsp3) is 1.00. The van der Waals surface area contributed by atoms with Crippen molar-refractivity contribution in [2.24, 2.45) is 28.7 Å². The summed E-state index contributed by atoms with van der Waals surface area (Å²) >= 11 is 0. The Labute approximate surface area is 283 Å². The van der Waals surface area contributed by atoms with Crippen LogP contribution in [0.5, 0.6) is 0 Å². The normalized spacial score (nSPS) is 52.2. The van der Waals surface area contributed by atoms with E-state index in [1.165, 1.54) is 0 Å². The summed E-state index contributed by atoms with van der Waals surface area (Å²) in [4.78, 5) is 0. The molecule has 4 aliphatic heterocycles. The largest absolute Gasteiger partial charge is 0.394 e. The Morgan fingerprint density at radius 2 is 1.31 bits per heavy atom. The van der Waals surface area contributed by atoms with Crippen molar-refractivity contribution in [1.82, 2.24) is 10.6 Å². The summed E-state index contributed by atoms with van der Waals surface area (Å²) in [6.07, 6.45) is -19.4. The van der Waals surface area contributed by atoms with Gasteiger partial charge in [-0.2, -0.15) is 0 Å². The molecule has 4 saturated heterocycles. The lowest BCUT2D eigenvalue weighted by atomic mass is 9.84. The van der Waals surface area contributed by atoms with Crippen LogP contribution in [-0.4, -0.2) is 198 Å². The molecule has 0 aromatic carbocycles. The standard InChI is InChI=1S/C28H55N7O14/c1-34-15-19(40)23-11(43-26(15)49-28-21(42)18(39)14(33)13(7-36)45-28)5-10(32)25(47-23)46-22-9(31)4-8(30)16(37)24(22)48-27-20(41)17(38)12(44-27)6-35-3-2-29/h8-28,34-42H,2-7,29-33H2,1H3/t8-,9+,10-,11?,12-,13-,14-,15+,16+,17-,18+,19-,20-,21-,22-,23?,24-,25+,26-,27+,28-/m1/s1. The molecule has 0 aromatic heterocycles. The molecule has 1 aliphatic carbocycles. The van der Waals surface area contributed by atoms with Crippen molar-refractivity contribution in [3.63, 3.8) is 0 Å². The molecule has 0 bridgehead atoms. The number of aliphatic hydroxyl groups excluding tert-OH is 7. The summed E-state index contributed by atoms with van der Waals surface area (Å²) in [7, 11) is 1.54. The zero-order valence-electron chi connectivity index (χ0n) is 27.2. The smallest absolute Gasteiger partial charge is 0.189 e. The molecule has 0 spiro atoms. The first-order valence-electron chi connectivity index (χ1n) is 16.7. The predicted molar refractivity (Wildman–Crippen MR) is 165 cm³/mol. The molecule has 49 heavy (non-hydrogen) atoms. The van der Waals surface area contributed by atoms with Gasteiger partial charge in [0.05, 0.1) is 36.9 Å². The van der Waals surface area contributed by atoms with E-state index in [0.29, 0.717) is 13.1 Å².